The quantitative estimate of drug-likeness (QED) is 0.647. The van der Waals surface area contributed by atoms with E-state index in [1.165, 1.54) is 0 Å². The zero-order valence-electron chi connectivity index (χ0n) is 18.3. The molecule has 3 heterocycles. The molecule has 0 unspecified atom stereocenters. The van der Waals surface area contributed by atoms with E-state index in [4.69, 9.17) is 0 Å². The van der Waals surface area contributed by atoms with E-state index in [0.29, 0.717) is 23.6 Å². The molecule has 2 aliphatic rings. The Morgan fingerprint density at radius 3 is 2.25 bits per heavy atom. The lowest BCUT2D eigenvalue weighted by Gasteiger charge is -2.30. The molecular weight excluding hydrogens is 402 g/mol. The van der Waals surface area contributed by atoms with Crippen molar-refractivity contribution in [3.63, 3.8) is 0 Å². The highest BCUT2D eigenvalue weighted by Gasteiger charge is 2.28. The van der Waals surface area contributed by atoms with E-state index in [9.17, 15) is 4.79 Å². The Morgan fingerprint density at radius 2 is 1.50 bits per heavy atom. The molecule has 164 valence electrons. The molecule has 32 heavy (non-hydrogen) atoms. The van der Waals surface area contributed by atoms with Crippen LogP contribution in [0.4, 0.5) is 28.8 Å². The number of benzene rings is 1. The van der Waals surface area contributed by atoms with Crippen LogP contribution >= 0.6 is 0 Å². The lowest BCUT2D eigenvalue weighted by Crippen LogP contribution is -2.33. The molecule has 1 fully saturated rings. The second kappa shape index (κ2) is 8.45. The Morgan fingerprint density at radius 1 is 0.812 bits per heavy atom. The van der Waals surface area contributed by atoms with E-state index in [-0.39, 0.29) is 5.91 Å². The topological polar surface area (TPSA) is 86.3 Å². The summed E-state index contributed by atoms with van der Waals surface area (Å²) in [6.07, 6.45) is 9.48. The van der Waals surface area contributed by atoms with Crippen LogP contribution in [-0.4, -0.2) is 47.0 Å². The van der Waals surface area contributed by atoms with Gasteiger partial charge in [-0.2, -0.15) is 0 Å². The molecule has 0 spiro atoms. The number of para-hydroxylation sites is 1. The number of amides is 1. The van der Waals surface area contributed by atoms with Crippen molar-refractivity contribution in [2.24, 2.45) is 0 Å². The molecule has 0 atom stereocenters. The Kier molecular flexibility index (Phi) is 5.34. The van der Waals surface area contributed by atoms with E-state index in [2.05, 4.69) is 30.5 Å². The number of rotatable bonds is 4. The van der Waals surface area contributed by atoms with Crippen molar-refractivity contribution in [2.45, 2.75) is 37.8 Å². The average molecular weight is 430 g/mol. The summed E-state index contributed by atoms with van der Waals surface area (Å²) in [5.41, 5.74) is 3.35. The molecule has 5 rings (SSSR count). The molecule has 8 heteroatoms. The van der Waals surface area contributed by atoms with Gasteiger partial charge in [0, 0.05) is 44.6 Å². The first-order valence-electron chi connectivity index (χ1n) is 11.0. The first kappa shape index (κ1) is 20.2. The van der Waals surface area contributed by atoms with E-state index >= 15 is 0 Å². The minimum Gasteiger partial charge on any atom is -0.367 e. The summed E-state index contributed by atoms with van der Waals surface area (Å²) in [5.74, 6) is 1.50. The molecule has 1 aliphatic heterocycles. The molecule has 1 aliphatic carbocycles. The third-order valence-corrected chi connectivity index (χ3v) is 6.36. The highest BCUT2D eigenvalue weighted by molar-refractivity contribution is 6.13. The van der Waals surface area contributed by atoms with E-state index in [0.717, 1.165) is 48.6 Å². The maximum absolute atomic E-state index is 12.9. The summed E-state index contributed by atoms with van der Waals surface area (Å²) in [6, 6.07) is 12.3. The van der Waals surface area contributed by atoms with Crippen molar-refractivity contribution in [1.29, 1.82) is 0 Å². The monoisotopic (exact) mass is 429 g/mol. The summed E-state index contributed by atoms with van der Waals surface area (Å²) < 4.78 is 0. The number of nitrogens with one attached hydrogen (secondary N) is 2. The lowest BCUT2D eigenvalue weighted by molar-refractivity contribution is 0.0994. The van der Waals surface area contributed by atoms with Crippen molar-refractivity contribution >= 4 is 34.7 Å². The first-order valence-corrected chi connectivity index (χ1v) is 11.0. The number of fused-ring (bicyclic) bond motifs is 2. The van der Waals surface area contributed by atoms with Crippen molar-refractivity contribution in [2.75, 3.05) is 34.5 Å². The minimum atomic E-state index is -0.0260. The number of carbonyl (C=O) groups excluding carboxylic acids is 1. The van der Waals surface area contributed by atoms with Crippen molar-refractivity contribution in [3.05, 3.63) is 60.6 Å². The molecule has 0 bridgehead atoms. The summed E-state index contributed by atoms with van der Waals surface area (Å²) in [5, 5.41) is 7.03. The number of nitrogens with zero attached hydrogens (tertiary/aromatic N) is 5. The normalized spacial score (nSPS) is 20.2. The van der Waals surface area contributed by atoms with Gasteiger partial charge in [-0.25, -0.2) is 15.0 Å². The van der Waals surface area contributed by atoms with Crippen LogP contribution in [0.3, 0.4) is 0 Å². The zero-order chi connectivity index (χ0) is 22.1. The first-order chi connectivity index (χ1) is 15.6. The molecule has 1 aromatic carbocycles. The maximum atomic E-state index is 12.9. The highest BCUT2D eigenvalue weighted by Crippen LogP contribution is 2.40. The van der Waals surface area contributed by atoms with Gasteiger partial charge in [-0.3, -0.25) is 4.79 Å². The van der Waals surface area contributed by atoms with E-state index in [1.807, 2.05) is 43.4 Å². The molecule has 1 amide bonds. The lowest BCUT2D eigenvalue weighted by atomic mass is 9.91. The van der Waals surface area contributed by atoms with E-state index < -0.39 is 0 Å². The van der Waals surface area contributed by atoms with Crippen LogP contribution in [0.5, 0.6) is 0 Å². The standard InChI is InChI=1S/C24H27N7O/c1-30-19-7-4-3-6-18(19)23(32)31(2)21-15-27-22(14-20(21)30)28-16-8-10-17(11-9-16)29-24-25-12-5-13-26-24/h3-7,12-17H,8-11H2,1-2H3,(H,27,28)(H,25,26,29)/t16-,17+. The zero-order valence-corrected chi connectivity index (χ0v) is 18.3. The smallest absolute Gasteiger partial charge is 0.260 e. The van der Waals surface area contributed by atoms with Crippen molar-refractivity contribution in [1.82, 2.24) is 15.0 Å². The second-order valence-corrected chi connectivity index (χ2v) is 8.41. The van der Waals surface area contributed by atoms with Gasteiger partial charge in [0.05, 0.1) is 28.8 Å². The number of aromatic nitrogens is 3. The fraction of sp³-hybridized carbons (Fsp3) is 0.333. The summed E-state index contributed by atoms with van der Waals surface area (Å²) >= 11 is 0. The molecule has 0 saturated heterocycles. The van der Waals surface area contributed by atoms with Crippen LogP contribution in [0.1, 0.15) is 36.0 Å². The van der Waals surface area contributed by atoms with Gasteiger partial charge in [0.1, 0.15) is 5.82 Å². The number of anilines is 5. The highest BCUT2D eigenvalue weighted by atomic mass is 16.2. The van der Waals surface area contributed by atoms with Crippen molar-refractivity contribution in [3.8, 4) is 0 Å². The number of hydrogen-bond donors (Lipinski definition) is 2. The Hall–Kier alpha value is -3.68. The van der Waals surface area contributed by atoms with Gasteiger partial charge in [0.15, 0.2) is 0 Å². The van der Waals surface area contributed by atoms with Gasteiger partial charge in [0.25, 0.3) is 5.91 Å². The van der Waals surface area contributed by atoms with Crippen LogP contribution in [0.25, 0.3) is 0 Å². The third-order valence-electron chi connectivity index (χ3n) is 6.36. The molecular formula is C24H27N7O. The van der Waals surface area contributed by atoms with E-state index in [1.54, 1.807) is 30.5 Å². The Labute approximate surface area is 187 Å². The predicted molar refractivity (Wildman–Crippen MR) is 127 cm³/mol. The fourth-order valence-electron chi connectivity index (χ4n) is 4.56. The van der Waals surface area contributed by atoms with Gasteiger partial charge >= 0.3 is 0 Å². The van der Waals surface area contributed by atoms with Crippen LogP contribution in [0, 0.1) is 0 Å². The predicted octanol–water partition coefficient (Wildman–Crippen LogP) is 4.06. The van der Waals surface area contributed by atoms with Gasteiger partial charge in [-0.15, -0.1) is 0 Å². The second-order valence-electron chi connectivity index (χ2n) is 8.41. The largest absolute Gasteiger partial charge is 0.367 e. The van der Waals surface area contributed by atoms with Crippen LogP contribution in [-0.2, 0) is 0 Å². The van der Waals surface area contributed by atoms with Crippen LogP contribution < -0.4 is 20.4 Å². The molecule has 2 N–H and O–H groups in total. The minimum absolute atomic E-state index is 0.0260. The summed E-state index contributed by atoms with van der Waals surface area (Å²) in [4.78, 5) is 29.9. The summed E-state index contributed by atoms with van der Waals surface area (Å²) in [7, 11) is 3.80. The average Bonchev–Trinajstić information content (AvgIpc) is 2.91. The Bertz CT molecular complexity index is 1110. The van der Waals surface area contributed by atoms with Gasteiger partial charge in [-0.1, -0.05) is 12.1 Å². The number of carbonyl (C=O) groups is 1. The molecule has 0 radical (unpaired) electrons. The van der Waals surface area contributed by atoms with Gasteiger partial charge in [0.2, 0.25) is 5.95 Å². The molecule has 2 aromatic heterocycles. The SMILES string of the molecule is CN1C(=O)c2ccccc2N(C)c2cc(N[C@H]3CC[C@@H](Nc4ncccn4)CC3)ncc21. The number of hydrogen-bond acceptors (Lipinski definition) is 7. The van der Waals surface area contributed by atoms with Gasteiger partial charge in [-0.05, 0) is 43.9 Å². The summed E-state index contributed by atoms with van der Waals surface area (Å²) in [6.45, 7) is 0. The van der Waals surface area contributed by atoms with Gasteiger partial charge < -0.3 is 20.4 Å². The third kappa shape index (κ3) is 3.84. The molecule has 3 aromatic rings. The van der Waals surface area contributed by atoms with Crippen molar-refractivity contribution < 1.29 is 4.79 Å². The Balaban J connectivity index is 1.30. The van der Waals surface area contributed by atoms with Crippen LogP contribution in [0.2, 0.25) is 0 Å². The molecule has 1 saturated carbocycles. The molecule has 8 nitrogen and oxygen atoms in total. The number of pyridine rings is 1. The van der Waals surface area contributed by atoms with Crippen LogP contribution in [0.15, 0.2) is 55.0 Å². The fourth-order valence-corrected chi connectivity index (χ4v) is 4.56. The maximum Gasteiger partial charge on any atom is 0.260 e.